The summed E-state index contributed by atoms with van der Waals surface area (Å²) < 4.78 is 14.5. The van der Waals surface area contributed by atoms with Crippen LogP contribution in [0.3, 0.4) is 0 Å². The van der Waals surface area contributed by atoms with Gasteiger partial charge in [-0.1, -0.05) is 94.3 Å². The molecule has 4 rings (SSSR count). The van der Waals surface area contributed by atoms with Crippen LogP contribution in [0.5, 0.6) is 0 Å². The van der Waals surface area contributed by atoms with E-state index in [-0.39, 0.29) is 11.2 Å². The van der Waals surface area contributed by atoms with Gasteiger partial charge in [0.25, 0.3) is 0 Å². The molecular weight excluding hydrogens is 443 g/mol. The van der Waals surface area contributed by atoms with Crippen molar-refractivity contribution in [3.05, 3.63) is 99.9 Å². The molecule has 1 saturated carbocycles. The maximum atomic E-state index is 14.5. The van der Waals surface area contributed by atoms with Gasteiger partial charge in [0, 0.05) is 5.41 Å². The molecule has 36 heavy (non-hydrogen) atoms. The Labute approximate surface area is 217 Å². The number of rotatable bonds is 8. The lowest BCUT2D eigenvalue weighted by molar-refractivity contribution is 0.100. The fourth-order valence-electron chi connectivity index (χ4n) is 6.08. The fraction of sp³-hybridized carbons (Fsp3) is 0.412. The van der Waals surface area contributed by atoms with E-state index in [2.05, 4.69) is 70.2 Å². The highest BCUT2D eigenvalue weighted by Gasteiger charge is 2.32. The lowest BCUT2D eigenvalue weighted by Crippen LogP contribution is -2.26. The highest BCUT2D eigenvalue weighted by atomic mass is 19.1. The third-order valence-electron chi connectivity index (χ3n) is 8.60. The van der Waals surface area contributed by atoms with E-state index in [1.54, 1.807) is 6.07 Å². The molecule has 1 aliphatic rings. The summed E-state index contributed by atoms with van der Waals surface area (Å²) >= 11 is 0. The highest BCUT2D eigenvalue weighted by molar-refractivity contribution is 5.69. The zero-order valence-electron chi connectivity index (χ0n) is 22.6. The second-order valence-corrected chi connectivity index (χ2v) is 10.7. The van der Waals surface area contributed by atoms with Gasteiger partial charge in [-0.15, -0.1) is 0 Å². The Kier molecular flexibility index (Phi) is 7.85. The van der Waals surface area contributed by atoms with Gasteiger partial charge in [0.2, 0.25) is 0 Å². The van der Waals surface area contributed by atoms with Crippen molar-refractivity contribution in [1.29, 1.82) is 0 Å². The molecule has 0 unspecified atom stereocenters. The van der Waals surface area contributed by atoms with Crippen molar-refractivity contribution in [2.75, 3.05) is 0 Å². The van der Waals surface area contributed by atoms with E-state index < -0.39 is 5.60 Å². The summed E-state index contributed by atoms with van der Waals surface area (Å²) in [6, 6.07) is 19.1. The monoisotopic (exact) mass is 484 g/mol. The Balaban J connectivity index is 1.68. The third-order valence-corrected chi connectivity index (χ3v) is 8.60. The number of aliphatic hydroxyl groups is 1. The van der Waals surface area contributed by atoms with Crippen LogP contribution in [0.4, 0.5) is 4.39 Å². The number of halogens is 1. The Morgan fingerprint density at radius 2 is 1.50 bits per heavy atom. The zero-order chi connectivity index (χ0) is 25.9. The van der Waals surface area contributed by atoms with Crippen LogP contribution in [0.25, 0.3) is 17.2 Å². The average Bonchev–Trinajstić information content (AvgIpc) is 3.31. The molecule has 0 atom stereocenters. The molecule has 0 aromatic heterocycles. The Bertz CT molecular complexity index is 1240. The molecule has 0 aliphatic heterocycles. The van der Waals surface area contributed by atoms with Crippen LogP contribution < -0.4 is 0 Å². The van der Waals surface area contributed by atoms with E-state index in [9.17, 15) is 9.50 Å². The Morgan fingerprint density at radius 1 is 0.861 bits per heavy atom. The van der Waals surface area contributed by atoms with Crippen LogP contribution in [0.1, 0.15) is 92.7 Å². The second-order valence-electron chi connectivity index (χ2n) is 10.7. The quantitative estimate of drug-likeness (QED) is 0.338. The van der Waals surface area contributed by atoms with Gasteiger partial charge in [0.15, 0.2) is 0 Å². The SMILES string of the molecule is CCc1ccc(-c2ccc(C(CC)(CC)c3ccc(C=CC4(O)CCCC4)c(C)c3)cc2C)cc1F. The Hall–Kier alpha value is -2.71. The van der Waals surface area contributed by atoms with E-state index in [0.29, 0.717) is 6.42 Å². The number of benzene rings is 3. The van der Waals surface area contributed by atoms with Crippen LogP contribution in [-0.4, -0.2) is 10.7 Å². The van der Waals surface area contributed by atoms with E-state index in [1.165, 1.54) is 27.8 Å². The molecule has 0 heterocycles. The van der Waals surface area contributed by atoms with Crippen molar-refractivity contribution in [2.45, 2.75) is 90.6 Å². The molecule has 1 nitrogen and oxygen atoms in total. The maximum Gasteiger partial charge on any atom is 0.127 e. The number of hydrogen-bond donors (Lipinski definition) is 1. The first-order valence-corrected chi connectivity index (χ1v) is 13.7. The van der Waals surface area contributed by atoms with Gasteiger partial charge < -0.3 is 5.11 Å². The first-order chi connectivity index (χ1) is 17.2. The van der Waals surface area contributed by atoms with Gasteiger partial charge in [-0.2, -0.15) is 0 Å². The summed E-state index contributed by atoms with van der Waals surface area (Å²) in [7, 11) is 0. The van der Waals surface area contributed by atoms with Crippen LogP contribution >= 0.6 is 0 Å². The zero-order valence-corrected chi connectivity index (χ0v) is 22.6. The smallest absolute Gasteiger partial charge is 0.127 e. The largest absolute Gasteiger partial charge is 0.386 e. The molecule has 1 fully saturated rings. The predicted octanol–water partition coefficient (Wildman–Crippen LogP) is 9.10. The molecule has 1 N–H and O–H groups in total. The van der Waals surface area contributed by atoms with Gasteiger partial charge in [0.05, 0.1) is 5.60 Å². The molecule has 3 aromatic rings. The topological polar surface area (TPSA) is 20.2 Å². The fourth-order valence-corrected chi connectivity index (χ4v) is 6.08. The summed E-state index contributed by atoms with van der Waals surface area (Å²) in [5.74, 6) is -0.125. The Morgan fingerprint density at radius 3 is 2.06 bits per heavy atom. The van der Waals surface area contributed by atoms with Crippen LogP contribution in [0, 0.1) is 19.7 Å². The minimum Gasteiger partial charge on any atom is -0.386 e. The van der Waals surface area contributed by atoms with Crippen molar-refractivity contribution in [3.8, 4) is 11.1 Å². The van der Waals surface area contributed by atoms with Crippen molar-refractivity contribution < 1.29 is 9.50 Å². The lowest BCUT2D eigenvalue weighted by Gasteiger charge is -2.34. The van der Waals surface area contributed by atoms with E-state index in [0.717, 1.165) is 55.2 Å². The van der Waals surface area contributed by atoms with E-state index in [4.69, 9.17) is 0 Å². The summed E-state index contributed by atoms with van der Waals surface area (Å²) in [5, 5.41) is 10.7. The van der Waals surface area contributed by atoms with Crippen LogP contribution in [-0.2, 0) is 11.8 Å². The predicted molar refractivity (Wildman–Crippen MR) is 151 cm³/mol. The van der Waals surface area contributed by atoms with Gasteiger partial charge in [-0.3, -0.25) is 0 Å². The molecule has 0 bridgehead atoms. The molecule has 190 valence electrons. The maximum absolute atomic E-state index is 14.5. The summed E-state index contributed by atoms with van der Waals surface area (Å²) in [6.45, 7) is 10.8. The van der Waals surface area contributed by atoms with Crippen molar-refractivity contribution in [2.24, 2.45) is 0 Å². The number of hydrogen-bond acceptors (Lipinski definition) is 1. The molecule has 0 spiro atoms. The minimum absolute atomic E-state index is 0.0860. The first-order valence-electron chi connectivity index (χ1n) is 13.7. The molecular formula is C34H41FO. The van der Waals surface area contributed by atoms with E-state index >= 15 is 0 Å². The molecule has 0 radical (unpaired) electrons. The van der Waals surface area contributed by atoms with Crippen LogP contribution in [0.15, 0.2) is 60.7 Å². The standard InChI is InChI=1S/C34H41FO/c1-6-26-11-12-28(23-32(26)35)31-16-15-30(22-25(31)5)34(7-2,8-3)29-14-13-27(24(4)21-29)17-20-33(36)18-9-10-19-33/h11-17,20-23,36H,6-10,18-19H2,1-5H3. The summed E-state index contributed by atoms with van der Waals surface area (Å²) in [6.07, 6.45) is 10.7. The summed E-state index contributed by atoms with van der Waals surface area (Å²) in [5.41, 5.74) is 8.26. The van der Waals surface area contributed by atoms with Gasteiger partial charge in [-0.25, -0.2) is 4.39 Å². The second kappa shape index (κ2) is 10.7. The number of aryl methyl sites for hydroxylation is 3. The van der Waals surface area contributed by atoms with Crippen LogP contribution in [0.2, 0.25) is 0 Å². The molecule has 0 saturated heterocycles. The lowest BCUT2D eigenvalue weighted by atomic mass is 9.69. The summed E-state index contributed by atoms with van der Waals surface area (Å²) in [4.78, 5) is 0. The average molecular weight is 485 g/mol. The minimum atomic E-state index is -0.638. The molecule has 1 aliphatic carbocycles. The van der Waals surface area contributed by atoms with Gasteiger partial charge >= 0.3 is 0 Å². The van der Waals surface area contributed by atoms with Gasteiger partial charge in [0.1, 0.15) is 5.82 Å². The molecule has 0 amide bonds. The first kappa shape index (κ1) is 26.4. The van der Waals surface area contributed by atoms with Crippen molar-refractivity contribution in [3.63, 3.8) is 0 Å². The normalized spacial score (nSPS) is 15.6. The molecule has 3 aromatic carbocycles. The molecule has 2 heteroatoms. The van der Waals surface area contributed by atoms with E-state index in [1.807, 2.05) is 25.1 Å². The highest BCUT2D eigenvalue weighted by Crippen LogP contribution is 2.41. The third kappa shape index (κ3) is 5.06. The van der Waals surface area contributed by atoms with Gasteiger partial charge in [-0.05, 0) is 96.5 Å². The van der Waals surface area contributed by atoms with Crippen molar-refractivity contribution >= 4 is 6.08 Å². The van der Waals surface area contributed by atoms with Crippen molar-refractivity contribution in [1.82, 2.24) is 0 Å².